The number of ether oxygens (including phenoxy) is 1. The van der Waals surface area contributed by atoms with Crippen LogP contribution in [0.1, 0.15) is 24.6 Å². The molecule has 1 unspecified atom stereocenters. The van der Waals surface area contributed by atoms with Crippen molar-refractivity contribution in [2.45, 2.75) is 18.8 Å². The standard InChI is InChI=1S/C14H14N4O3/c19-14-15-10-5-1-4-9(11(10)16-14)13-17-12(18-21-13)8-3-2-6-20-7-8/h1,4-5,8H,2-3,6-7H2,(H2,15,16,19). The van der Waals surface area contributed by atoms with Gasteiger partial charge in [0.25, 0.3) is 5.89 Å². The largest absolute Gasteiger partial charge is 0.381 e. The molecule has 0 radical (unpaired) electrons. The van der Waals surface area contributed by atoms with Crippen LogP contribution in [0.15, 0.2) is 27.5 Å². The van der Waals surface area contributed by atoms with Gasteiger partial charge in [-0.05, 0) is 25.0 Å². The second-order valence-electron chi connectivity index (χ2n) is 5.18. The van der Waals surface area contributed by atoms with Crippen molar-refractivity contribution in [2.75, 3.05) is 13.2 Å². The number of benzene rings is 1. The Balaban J connectivity index is 1.75. The van der Waals surface area contributed by atoms with E-state index in [0.29, 0.717) is 23.8 Å². The third kappa shape index (κ3) is 2.15. The molecule has 2 N–H and O–H groups in total. The molecule has 21 heavy (non-hydrogen) atoms. The minimum Gasteiger partial charge on any atom is -0.381 e. The first-order chi connectivity index (χ1) is 10.3. The highest BCUT2D eigenvalue weighted by Gasteiger charge is 2.22. The molecule has 1 aliphatic heterocycles. The van der Waals surface area contributed by atoms with Crippen molar-refractivity contribution in [1.29, 1.82) is 0 Å². The van der Waals surface area contributed by atoms with Gasteiger partial charge in [0, 0.05) is 12.5 Å². The number of hydrogen-bond acceptors (Lipinski definition) is 5. The summed E-state index contributed by atoms with van der Waals surface area (Å²) < 4.78 is 10.8. The van der Waals surface area contributed by atoms with Crippen molar-refractivity contribution in [3.05, 3.63) is 34.5 Å². The fourth-order valence-electron chi connectivity index (χ4n) is 2.69. The monoisotopic (exact) mass is 286 g/mol. The third-order valence-electron chi connectivity index (χ3n) is 3.75. The van der Waals surface area contributed by atoms with Gasteiger partial charge in [-0.2, -0.15) is 4.98 Å². The van der Waals surface area contributed by atoms with Gasteiger partial charge in [-0.1, -0.05) is 11.2 Å². The topological polar surface area (TPSA) is 96.8 Å². The molecule has 3 aromatic rings. The molecule has 1 saturated heterocycles. The fraction of sp³-hybridized carbons (Fsp3) is 0.357. The predicted molar refractivity (Wildman–Crippen MR) is 75.0 cm³/mol. The van der Waals surface area contributed by atoms with Gasteiger partial charge >= 0.3 is 5.69 Å². The lowest BCUT2D eigenvalue weighted by molar-refractivity contribution is 0.0773. The molecule has 0 spiro atoms. The molecule has 3 heterocycles. The van der Waals surface area contributed by atoms with Crippen LogP contribution in [0.2, 0.25) is 0 Å². The van der Waals surface area contributed by atoms with E-state index in [4.69, 9.17) is 9.26 Å². The highest BCUT2D eigenvalue weighted by atomic mass is 16.5. The van der Waals surface area contributed by atoms with Crippen LogP contribution in [0.25, 0.3) is 22.5 Å². The summed E-state index contributed by atoms with van der Waals surface area (Å²) in [5.74, 6) is 1.26. The summed E-state index contributed by atoms with van der Waals surface area (Å²) in [6, 6.07) is 5.51. The van der Waals surface area contributed by atoms with Crippen LogP contribution in [0.3, 0.4) is 0 Å². The van der Waals surface area contributed by atoms with Gasteiger partial charge in [-0.15, -0.1) is 0 Å². The Labute approximate surface area is 119 Å². The van der Waals surface area contributed by atoms with E-state index >= 15 is 0 Å². The lowest BCUT2D eigenvalue weighted by Gasteiger charge is -2.18. The van der Waals surface area contributed by atoms with E-state index in [9.17, 15) is 4.79 Å². The van der Waals surface area contributed by atoms with Gasteiger partial charge in [0.05, 0.1) is 23.2 Å². The summed E-state index contributed by atoms with van der Waals surface area (Å²) in [7, 11) is 0. The molecular formula is C14H14N4O3. The molecule has 1 aromatic carbocycles. The highest BCUT2D eigenvalue weighted by Crippen LogP contribution is 2.28. The smallest absolute Gasteiger partial charge is 0.323 e. The summed E-state index contributed by atoms with van der Waals surface area (Å²) in [4.78, 5) is 21.4. The van der Waals surface area contributed by atoms with E-state index in [2.05, 4.69) is 20.1 Å². The number of hydrogen-bond donors (Lipinski definition) is 2. The maximum absolute atomic E-state index is 11.4. The number of H-pyrrole nitrogens is 2. The molecule has 1 atom stereocenters. The van der Waals surface area contributed by atoms with Crippen molar-refractivity contribution >= 4 is 11.0 Å². The molecule has 7 nitrogen and oxygen atoms in total. The van der Waals surface area contributed by atoms with Crippen molar-refractivity contribution in [3.63, 3.8) is 0 Å². The van der Waals surface area contributed by atoms with Crippen molar-refractivity contribution in [2.24, 2.45) is 0 Å². The van der Waals surface area contributed by atoms with Crippen LogP contribution in [-0.4, -0.2) is 33.3 Å². The van der Waals surface area contributed by atoms with Gasteiger partial charge in [0.15, 0.2) is 5.82 Å². The maximum atomic E-state index is 11.4. The number of nitrogens with one attached hydrogen (secondary N) is 2. The lowest BCUT2D eigenvalue weighted by Crippen LogP contribution is -2.16. The first-order valence-corrected chi connectivity index (χ1v) is 6.94. The number of fused-ring (bicyclic) bond motifs is 1. The molecule has 2 aromatic heterocycles. The average Bonchev–Trinajstić information content (AvgIpc) is 3.13. The van der Waals surface area contributed by atoms with E-state index in [-0.39, 0.29) is 11.6 Å². The maximum Gasteiger partial charge on any atom is 0.323 e. The molecule has 1 fully saturated rings. The Morgan fingerprint density at radius 2 is 2.24 bits per heavy atom. The number of nitrogens with zero attached hydrogens (tertiary/aromatic N) is 2. The van der Waals surface area contributed by atoms with E-state index in [0.717, 1.165) is 30.5 Å². The number of aromatic amines is 2. The van der Waals surface area contributed by atoms with E-state index < -0.39 is 0 Å². The fourth-order valence-corrected chi connectivity index (χ4v) is 2.69. The first-order valence-electron chi connectivity index (χ1n) is 6.94. The molecular weight excluding hydrogens is 272 g/mol. The average molecular weight is 286 g/mol. The Morgan fingerprint density at radius 1 is 1.29 bits per heavy atom. The molecule has 7 heteroatoms. The van der Waals surface area contributed by atoms with E-state index in [1.165, 1.54) is 0 Å². The zero-order chi connectivity index (χ0) is 14.2. The van der Waals surface area contributed by atoms with Crippen molar-refractivity contribution < 1.29 is 9.26 Å². The minimum atomic E-state index is -0.252. The minimum absolute atomic E-state index is 0.181. The third-order valence-corrected chi connectivity index (χ3v) is 3.75. The summed E-state index contributed by atoms with van der Waals surface area (Å²) in [6.45, 7) is 1.43. The van der Waals surface area contributed by atoms with Crippen LogP contribution >= 0.6 is 0 Å². The molecule has 0 amide bonds. The highest BCUT2D eigenvalue weighted by molar-refractivity contribution is 5.89. The van der Waals surface area contributed by atoms with Crippen LogP contribution in [0.5, 0.6) is 0 Å². The predicted octanol–water partition coefficient (Wildman–Crippen LogP) is 1.80. The quantitative estimate of drug-likeness (QED) is 0.748. The van der Waals surface area contributed by atoms with Crippen LogP contribution in [0, 0.1) is 0 Å². The second kappa shape index (κ2) is 4.85. The SMILES string of the molecule is O=c1[nH]c2cccc(-c3nc(C4CCCOC4)no3)c2[nH]1. The Bertz CT molecular complexity index is 826. The molecule has 0 bridgehead atoms. The molecule has 108 valence electrons. The Morgan fingerprint density at radius 3 is 3.10 bits per heavy atom. The van der Waals surface area contributed by atoms with Gasteiger partial charge in [-0.25, -0.2) is 4.79 Å². The van der Waals surface area contributed by atoms with Gasteiger partial charge in [0.2, 0.25) is 0 Å². The van der Waals surface area contributed by atoms with Crippen LogP contribution in [0.4, 0.5) is 0 Å². The van der Waals surface area contributed by atoms with E-state index in [1.807, 2.05) is 18.2 Å². The van der Waals surface area contributed by atoms with Gasteiger partial charge in [-0.3, -0.25) is 0 Å². The molecule has 0 aliphatic carbocycles. The van der Waals surface area contributed by atoms with Gasteiger partial charge < -0.3 is 19.2 Å². The number of rotatable bonds is 2. The molecule has 4 rings (SSSR count). The van der Waals surface area contributed by atoms with Gasteiger partial charge in [0.1, 0.15) is 0 Å². The van der Waals surface area contributed by atoms with E-state index in [1.54, 1.807) is 0 Å². The molecule has 0 saturated carbocycles. The van der Waals surface area contributed by atoms with Crippen molar-refractivity contribution in [1.82, 2.24) is 20.1 Å². The normalized spacial score (nSPS) is 19.1. The number of imidazole rings is 1. The summed E-state index contributed by atoms with van der Waals surface area (Å²) >= 11 is 0. The number of para-hydroxylation sites is 1. The molecule has 1 aliphatic rings. The summed E-state index contributed by atoms with van der Waals surface area (Å²) in [5.41, 5.74) is 1.87. The zero-order valence-corrected chi connectivity index (χ0v) is 11.3. The second-order valence-corrected chi connectivity index (χ2v) is 5.18. The first kappa shape index (κ1) is 12.3. The van der Waals surface area contributed by atoms with Crippen LogP contribution < -0.4 is 5.69 Å². The Kier molecular flexibility index (Phi) is 2.85. The lowest BCUT2D eigenvalue weighted by atomic mass is 10.0. The Hall–Kier alpha value is -2.41. The zero-order valence-electron chi connectivity index (χ0n) is 11.3. The summed E-state index contributed by atoms with van der Waals surface area (Å²) in [5, 5.41) is 4.06. The van der Waals surface area contributed by atoms with Crippen molar-refractivity contribution in [3.8, 4) is 11.5 Å². The summed E-state index contributed by atoms with van der Waals surface area (Å²) in [6.07, 6.45) is 2.01. The van der Waals surface area contributed by atoms with Crippen LogP contribution in [-0.2, 0) is 4.74 Å². The number of aromatic nitrogens is 4.